The van der Waals surface area contributed by atoms with Gasteiger partial charge in [0.05, 0.1) is 0 Å². The lowest BCUT2D eigenvalue weighted by Gasteiger charge is -1.94. The second kappa shape index (κ2) is 2.22. The minimum Gasteiger partial charge on any atom is -0.303 e. The van der Waals surface area contributed by atoms with Crippen LogP contribution in [0, 0.1) is 17.3 Å². The molecule has 0 amide bonds. The van der Waals surface area contributed by atoms with Gasteiger partial charge in [-0.25, -0.2) is 0 Å². The van der Waals surface area contributed by atoms with Crippen LogP contribution in [0.5, 0.6) is 0 Å². The molecule has 10 heavy (non-hydrogen) atoms. The van der Waals surface area contributed by atoms with Crippen LogP contribution in [0.3, 0.4) is 0 Å². The van der Waals surface area contributed by atoms with Crippen molar-refractivity contribution in [2.24, 2.45) is 17.3 Å². The summed E-state index contributed by atoms with van der Waals surface area (Å²) in [7, 11) is 0. The van der Waals surface area contributed by atoms with Gasteiger partial charge in [-0.05, 0) is 18.3 Å². The van der Waals surface area contributed by atoms with E-state index in [9.17, 15) is 4.79 Å². The summed E-state index contributed by atoms with van der Waals surface area (Å²) in [6, 6.07) is 0. The maximum absolute atomic E-state index is 10.4. The molecule has 1 rings (SSSR count). The van der Waals surface area contributed by atoms with Crippen LogP contribution in [0.2, 0.25) is 0 Å². The van der Waals surface area contributed by atoms with Gasteiger partial charge in [0.15, 0.2) is 0 Å². The molecule has 1 heteroatoms. The number of hydrogen-bond acceptors (Lipinski definition) is 1. The Balaban J connectivity index is 2.61. The number of hydrogen-bond donors (Lipinski definition) is 0. The Morgan fingerprint density at radius 1 is 1.30 bits per heavy atom. The number of aldehydes is 1. The third-order valence-corrected chi connectivity index (χ3v) is 2.54. The van der Waals surface area contributed by atoms with E-state index in [1.54, 1.807) is 0 Å². The van der Waals surface area contributed by atoms with Crippen molar-refractivity contribution in [3.63, 3.8) is 0 Å². The Bertz CT molecular complexity index is 168. The molecule has 0 aliphatic heterocycles. The van der Waals surface area contributed by atoms with E-state index in [0.29, 0.717) is 5.92 Å². The van der Waals surface area contributed by atoms with E-state index >= 15 is 0 Å². The lowest BCUT2D eigenvalue weighted by Crippen LogP contribution is -1.89. The molecule has 0 bridgehead atoms. The number of rotatable bonds is 2. The van der Waals surface area contributed by atoms with Gasteiger partial charge in [-0.3, -0.25) is 0 Å². The van der Waals surface area contributed by atoms with E-state index in [1.807, 2.05) is 13.0 Å². The molecule has 0 aromatic heterocycles. The Kier molecular flexibility index (Phi) is 1.67. The number of carbonyl (C=O) groups is 1. The molecule has 1 fully saturated rings. The SMILES string of the molecule is CC=CC1C(C=O)C1(C)C. The van der Waals surface area contributed by atoms with E-state index in [0.717, 1.165) is 6.29 Å². The lowest BCUT2D eigenvalue weighted by atomic mass is 10.1. The highest BCUT2D eigenvalue weighted by Crippen LogP contribution is 2.57. The van der Waals surface area contributed by atoms with Gasteiger partial charge in [0.2, 0.25) is 0 Å². The first-order valence-electron chi connectivity index (χ1n) is 3.72. The second-order valence-electron chi connectivity index (χ2n) is 3.53. The van der Waals surface area contributed by atoms with Crippen LogP contribution < -0.4 is 0 Å². The summed E-state index contributed by atoms with van der Waals surface area (Å²) < 4.78 is 0. The fraction of sp³-hybridized carbons (Fsp3) is 0.667. The van der Waals surface area contributed by atoms with Crippen molar-refractivity contribution in [1.82, 2.24) is 0 Å². The fourth-order valence-electron chi connectivity index (χ4n) is 1.55. The molecule has 0 heterocycles. The molecule has 0 spiro atoms. The highest BCUT2D eigenvalue weighted by Gasteiger charge is 2.55. The summed E-state index contributed by atoms with van der Waals surface area (Å²) in [6.45, 7) is 6.27. The monoisotopic (exact) mass is 138 g/mol. The first-order chi connectivity index (χ1) is 4.64. The van der Waals surface area contributed by atoms with Gasteiger partial charge in [0.1, 0.15) is 6.29 Å². The summed E-state index contributed by atoms with van der Waals surface area (Å²) in [5.41, 5.74) is 0.230. The first-order valence-corrected chi connectivity index (χ1v) is 3.72. The Hall–Kier alpha value is -0.590. The molecular formula is C9H14O. The molecule has 0 radical (unpaired) electrons. The van der Waals surface area contributed by atoms with E-state index in [-0.39, 0.29) is 11.3 Å². The van der Waals surface area contributed by atoms with E-state index in [2.05, 4.69) is 19.9 Å². The van der Waals surface area contributed by atoms with E-state index in [1.165, 1.54) is 0 Å². The minimum atomic E-state index is 0.230. The summed E-state index contributed by atoms with van der Waals surface area (Å²) in [6.07, 6.45) is 5.22. The molecule has 2 unspecified atom stereocenters. The Morgan fingerprint density at radius 2 is 1.90 bits per heavy atom. The van der Waals surface area contributed by atoms with Crippen LogP contribution in [0.1, 0.15) is 20.8 Å². The van der Waals surface area contributed by atoms with Gasteiger partial charge in [-0.1, -0.05) is 26.0 Å². The van der Waals surface area contributed by atoms with Crippen LogP contribution in [-0.4, -0.2) is 6.29 Å². The normalized spacial score (nSPS) is 36.3. The smallest absolute Gasteiger partial charge is 0.124 e. The van der Waals surface area contributed by atoms with Crippen molar-refractivity contribution in [2.75, 3.05) is 0 Å². The van der Waals surface area contributed by atoms with Crippen molar-refractivity contribution < 1.29 is 4.79 Å². The third kappa shape index (κ3) is 0.898. The van der Waals surface area contributed by atoms with E-state index in [4.69, 9.17) is 0 Å². The number of allylic oxidation sites excluding steroid dienone is 2. The van der Waals surface area contributed by atoms with Gasteiger partial charge in [-0.15, -0.1) is 0 Å². The molecule has 1 saturated carbocycles. The van der Waals surface area contributed by atoms with Gasteiger partial charge in [0.25, 0.3) is 0 Å². The van der Waals surface area contributed by atoms with Gasteiger partial charge < -0.3 is 4.79 Å². The highest BCUT2D eigenvalue weighted by molar-refractivity contribution is 5.62. The largest absolute Gasteiger partial charge is 0.303 e. The van der Waals surface area contributed by atoms with Gasteiger partial charge in [0, 0.05) is 5.92 Å². The maximum Gasteiger partial charge on any atom is 0.124 e. The number of carbonyl (C=O) groups excluding carboxylic acids is 1. The predicted octanol–water partition coefficient (Wildman–Crippen LogP) is 2.03. The molecule has 1 aliphatic rings. The standard InChI is InChI=1S/C9H14O/c1-4-5-7-8(6-10)9(7,2)3/h4-8H,1-3H3. The van der Waals surface area contributed by atoms with Crippen molar-refractivity contribution in [2.45, 2.75) is 20.8 Å². The fourth-order valence-corrected chi connectivity index (χ4v) is 1.55. The van der Waals surface area contributed by atoms with Crippen molar-refractivity contribution in [3.8, 4) is 0 Å². The molecule has 0 saturated heterocycles. The zero-order chi connectivity index (χ0) is 7.78. The van der Waals surface area contributed by atoms with Gasteiger partial charge >= 0.3 is 0 Å². The summed E-state index contributed by atoms with van der Waals surface area (Å²) in [4.78, 5) is 10.4. The van der Waals surface area contributed by atoms with Gasteiger partial charge in [-0.2, -0.15) is 0 Å². The summed E-state index contributed by atoms with van der Waals surface area (Å²) >= 11 is 0. The maximum atomic E-state index is 10.4. The van der Waals surface area contributed by atoms with Crippen LogP contribution in [0.15, 0.2) is 12.2 Å². The second-order valence-corrected chi connectivity index (χ2v) is 3.53. The molecule has 0 aromatic rings. The van der Waals surface area contributed by atoms with E-state index < -0.39 is 0 Å². The third-order valence-electron chi connectivity index (χ3n) is 2.54. The topological polar surface area (TPSA) is 17.1 Å². The van der Waals surface area contributed by atoms with Crippen molar-refractivity contribution in [3.05, 3.63) is 12.2 Å². The molecular weight excluding hydrogens is 124 g/mol. The molecule has 0 N–H and O–H groups in total. The Morgan fingerprint density at radius 3 is 2.20 bits per heavy atom. The summed E-state index contributed by atoms with van der Waals surface area (Å²) in [5, 5.41) is 0. The van der Waals surface area contributed by atoms with Crippen molar-refractivity contribution in [1.29, 1.82) is 0 Å². The van der Waals surface area contributed by atoms with Crippen LogP contribution in [0.4, 0.5) is 0 Å². The minimum absolute atomic E-state index is 0.230. The lowest BCUT2D eigenvalue weighted by molar-refractivity contribution is -0.109. The average molecular weight is 138 g/mol. The van der Waals surface area contributed by atoms with Crippen LogP contribution in [0.25, 0.3) is 0 Å². The zero-order valence-corrected chi connectivity index (χ0v) is 6.79. The molecule has 2 atom stereocenters. The average Bonchev–Trinajstić information content (AvgIpc) is 2.36. The summed E-state index contributed by atoms with van der Waals surface area (Å²) in [5.74, 6) is 0.763. The first kappa shape index (κ1) is 7.52. The quantitative estimate of drug-likeness (QED) is 0.421. The molecule has 0 aromatic carbocycles. The molecule has 56 valence electrons. The predicted molar refractivity (Wildman–Crippen MR) is 41.6 cm³/mol. The molecule has 1 nitrogen and oxygen atoms in total. The van der Waals surface area contributed by atoms with Crippen LogP contribution >= 0.6 is 0 Å². The highest BCUT2D eigenvalue weighted by atomic mass is 16.1. The zero-order valence-electron chi connectivity index (χ0n) is 6.79. The van der Waals surface area contributed by atoms with Crippen molar-refractivity contribution >= 4 is 6.29 Å². The van der Waals surface area contributed by atoms with Crippen LogP contribution in [-0.2, 0) is 4.79 Å². The Labute approximate surface area is 62.1 Å². The molecule has 1 aliphatic carbocycles.